The SMILES string of the molecule is CNS(=O)(=O)c1ccc(CNc2cc(C)c(Br)c(C)c2)o1. The van der Waals surface area contributed by atoms with Gasteiger partial charge in [-0.05, 0) is 56.3 Å². The Labute approximate surface area is 132 Å². The Balaban J connectivity index is 2.11. The number of aryl methyl sites for hydroxylation is 2. The van der Waals surface area contributed by atoms with E-state index in [0.717, 1.165) is 21.3 Å². The first kappa shape index (κ1) is 16.1. The van der Waals surface area contributed by atoms with Crippen LogP contribution in [0.4, 0.5) is 5.69 Å². The predicted molar refractivity (Wildman–Crippen MR) is 85.9 cm³/mol. The third-order valence-electron chi connectivity index (χ3n) is 3.07. The molecule has 7 heteroatoms. The molecule has 1 aromatic heterocycles. The maximum absolute atomic E-state index is 11.6. The fourth-order valence-corrected chi connectivity index (χ4v) is 2.83. The Bertz CT molecular complexity index is 730. The molecule has 114 valence electrons. The molecular formula is C14H17BrN2O3S. The summed E-state index contributed by atoms with van der Waals surface area (Å²) in [4.78, 5) is 0. The summed E-state index contributed by atoms with van der Waals surface area (Å²) in [6, 6.07) is 7.13. The van der Waals surface area contributed by atoms with Gasteiger partial charge in [0.1, 0.15) is 5.76 Å². The van der Waals surface area contributed by atoms with Crippen molar-refractivity contribution in [1.29, 1.82) is 0 Å². The van der Waals surface area contributed by atoms with Crippen molar-refractivity contribution in [2.75, 3.05) is 12.4 Å². The topological polar surface area (TPSA) is 71.3 Å². The molecule has 0 unspecified atom stereocenters. The summed E-state index contributed by atoms with van der Waals surface area (Å²) in [6.45, 7) is 4.46. The number of halogens is 1. The Hall–Kier alpha value is -1.31. The zero-order valence-electron chi connectivity index (χ0n) is 12.0. The van der Waals surface area contributed by atoms with Crippen molar-refractivity contribution in [1.82, 2.24) is 4.72 Å². The second-order valence-corrected chi connectivity index (χ2v) is 7.32. The normalized spacial score (nSPS) is 11.6. The Morgan fingerprint density at radius 3 is 2.38 bits per heavy atom. The van der Waals surface area contributed by atoms with Gasteiger partial charge in [0.05, 0.1) is 6.54 Å². The van der Waals surface area contributed by atoms with E-state index in [1.807, 2.05) is 26.0 Å². The van der Waals surface area contributed by atoms with E-state index in [4.69, 9.17) is 4.42 Å². The van der Waals surface area contributed by atoms with E-state index in [9.17, 15) is 8.42 Å². The maximum atomic E-state index is 11.6. The van der Waals surface area contributed by atoms with Crippen LogP contribution in [0.1, 0.15) is 16.9 Å². The lowest BCUT2D eigenvalue weighted by atomic mass is 10.1. The molecule has 0 saturated carbocycles. The zero-order chi connectivity index (χ0) is 15.6. The highest BCUT2D eigenvalue weighted by Gasteiger charge is 2.16. The van der Waals surface area contributed by atoms with Crippen molar-refractivity contribution in [3.8, 4) is 0 Å². The highest BCUT2D eigenvalue weighted by molar-refractivity contribution is 9.10. The standard InChI is InChI=1S/C14H17BrN2O3S/c1-9-6-11(7-10(2)14(9)15)17-8-12-4-5-13(20-12)21(18,19)16-3/h4-7,16-17H,8H2,1-3H3. The van der Waals surface area contributed by atoms with Gasteiger partial charge in [-0.15, -0.1) is 0 Å². The third kappa shape index (κ3) is 3.66. The molecule has 0 bridgehead atoms. The van der Waals surface area contributed by atoms with Crippen LogP contribution < -0.4 is 10.0 Å². The van der Waals surface area contributed by atoms with Crippen molar-refractivity contribution in [2.24, 2.45) is 0 Å². The minimum absolute atomic E-state index is 0.0787. The smallest absolute Gasteiger partial charge is 0.273 e. The number of rotatable bonds is 5. The van der Waals surface area contributed by atoms with Gasteiger partial charge in [-0.25, -0.2) is 13.1 Å². The van der Waals surface area contributed by atoms with E-state index >= 15 is 0 Å². The predicted octanol–water partition coefficient (Wildman–Crippen LogP) is 3.18. The van der Waals surface area contributed by atoms with Gasteiger partial charge in [-0.2, -0.15) is 0 Å². The van der Waals surface area contributed by atoms with Crippen LogP contribution in [0.2, 0.25) is 0 Å². The lowest BCUT2D eigenvalue weighted by Crippen LogP contribution is -2.17. The van der Waals surface area contributed by atoms with E-state index in [-0.39, 0.29) is 5.09 Å². The number of furan rings is 1. The molecule has 21 heavy (non-hydrogen) atoms. The average Bonchev–Trinajstić information content (AvgIpc) is 2.92. The van der Waals surface area contributed by atoms with E-state index in [0.29, 0.717) is 12.3 Å². The first-order valence-corrected chi connectivity index (χ1v) is 8.64. The van der Waals surface area contributed by atoms with Crippen molar-refractivity contribution in [2.45, 2.75) is 25.5 Å². The van der Waals surface area contributed by atoms with Gasteiger partial charge in [0, 0.05) is 10.2 Å². The highest BCUT2D eigenvalue weighted by atomic mass is 79.9. The fraction of sp³-hybridized carbons (Fsp3) is 0.286. The highest BCUT2D eigenvalue weighted by Crippen LogP contribution is 2.25. The number of benzene rings is 1. The molecule has 2 rings (SSSR count). The number of hydrogen-bond acceptors (Lipinski definition) is 4. The number of hydrogen-bond donors (Lipinski definition) is 2. The fourth-order valence-electron chi connectivity index (χ4n) is 1.94. The summed E-state index contributed by atoms with van der Waals surface area (Å²) in [5.74, 6) is 0.557. The van der Waals surface area contributed by atoms with E-state index in [1.165, 1.54) is 13.1 Å². The maximum Gasteiger partial charge on any atom is 0.273 e. The lowest BCUT2D eigenvalue weighted by Gasteiger charge is -2.09. The van der Waals surface area contributed by atoms with Crippen molar-refractivity contribution in [3.63, 3.8) is 0 Å². The van der Waals surface area contributed by atoms with E-state index in [2.05, 4.69) is 26.0 Å². The number of sulfonamides is 1. The summed E-state index contributed by atoms with van der Waals surface area (Å²) in [7, 11) is -2.18. The molecule has 0 aliphatic heterocycles. The molecular weight excluding hydrogens is 356 g/mol. The first-order valence-electron chi connectivity index (χ1n) is 6.36. The van der Waals surface area contributed by atoms with Crippen LogP contribution in [-0.2, 0) is 16.6 Å². The largest absolute Gasteiger partial charge is 0.446 e. The van der Waals surface area contributed by atoms with Gasteiger partial charge in [-0.1, -0.05) is 15.9 Å². The minimum Gasteiger partial charge on any atom is -0.446 e. The quantitative estimate of drug-likeness (QED) is 0.845. The molecule has 0 fully saturated rings. The lowest BCUT2D eigenvalue weighted by molar-refractivity contribution is 0.417. The van der Waals surface area contributed by atoms with Gasteiger partial charge in [0.25, 0.3) is 10.0 Å². The van der Waals surface area contributed by atoms with Crippen LogP contribution in [0.15, 0.2) is 38.2 Å². The second kappa shape index (κ2) is 6.21. The molecule has 0 radical (unpaired) electrons. The van der Waals surface area contributed by atoms with Crippen molar-refractivity contribution >= 4 is 31.6 Å². The summed E-state index contributed by atoms with van der Waals surface area (Å²) < 4.78 is 31.8. The molecule has 2 N–H and O–H groups in total. The summed E-state index contributed by atoms with van der Waals surface area (Å²) in [5.41, 5.74) is 3.23. The molecule has 2 aromatic rings. The van der Waals surface area contributed by atoms with Crippen LogP contribution in [-0.4, -0.2) is 15.5 Å². The summed E-state index contributed by atoms with van der Waals surface area (Å²) in [6.07, 6.45) is 0. The van der Waals surface area contributed by atoms with Crippen LogP contribution in [0, 0.1) is 13.8 Å². The molecule has 1 heterocycles. The van der Waals surface area contributed by atoms with Crippen molar-refractivity contribution in [3.05, 3.63) is 45.6 Å². The molecule has 0 aliphatic carbocycles. The van der Waals surface area contributed by atoms with Gasteiger partial charge in [0.15, 0.2) is 0 Å². The Morgan fingerprint density at radius 2 is 1.81 bits per heavy atom. The Kier molecular flexibility index (Phi) is 4.75. The zero-order valence-corrected chi connectivity index (χ0v) is 14.4. The monoisotopic (exact) mass is 372 g/mol. The minimum atomic E-state index is -3.53. The number of anilines is 1. The van der Waals surface area contributed by atoms with Crippen LogP contribution in [0.3, 0.4) is 0 Å². The van der Waals surface area contributed by atoms with E-state index in [1.54, 1.807) is 6.07 Å². The Morgan fingerprint density at radius 1 is 1.19 bits per heavy atom. The molecule has 0 atom stereocenters. The molecule has 0 spiro atoms. The van der Waals surface area contributed by atoms with E-state index < -0.39 is 10.0 Å². The van der Waals surface area contributed by atoms with Gasteiger partial charge in [-0.3, -0.25) is 0 Å². The van der Waals surface area contributed by atoms with Crippen LogP contribution >= 0.6 is 15.9 Å². The summed E-state index contributed by atoms with van der Waals surface area (Å²) >= 11 is 3.52. The second-order valence-electron chi connectivity index (χ2n) is 4.71. The molecule has 5 nitrogen and oxygen atoms in total. The number of nitrogens with one attached hydrogen (secondary N) is 2. The van der Waals surface area contributed by atoms with Gasteiger partial charge in [0.2, 0.25) is 5.09 Å². The van der Waals surface area contributed by atoms with Crippen molar-refractivity contribution < 1.29 is 12.8 Å². The molecule has 0 amide bonds. The first-order chi connectivity index (χ1) is 9.83. The molecule has 0 saturated heterocycles. The third-order valence-corrected chi connectivity index (χ3v) is 5.61. The molecule has 1 aromatic carbocycles. The van der Waals surface area contributed by atoms with Gasteiger partial charge < -0.3 is 9.73 Å². The van der Waals surface area contributed by atoms with Gasteiger partial charge >= 0.3 is 0 Å². The van der Waals surface area contributed by atoms with Crippen LogP contribution in [0.25, 0.3) is 0 Å². The molecule has 0 aliphatic rings. The van der Waals surface area contributed by atoms with Crippen LogP contribution in [0.5, 0.6) is 0 Å². The summed E-state index contributed by atoms with van der Waals surface area (Å²) in [5, 5.41) is 3.14. The average molecular weight is 373 g/mol.